The van der Waals surface area contributed by atoms with Gasteiger partial charge in [-0.15, -0.1) is 0 Å². The van der Waals surface area contributed by atoms with Gasteiger partial charge in [0.05, 0.1) is 10.2 Å². The topological polar surface area (TPSA) is 36.4 Å². The number of hydrogen-bond acceptors (Lipinski definition) is 4. The molecular formula is C16H21N3OS. The molecule has 1 aliphatic heterocycles. The van der Waals surface area contributed by atoms with E-state index in [1.807, 2.05) is 4.90 Å². The summed E-state index contributed by atoms with van der Waals surface area (Å²) in [6.07, 6.45) is 1.59. The number of benzene rings is 1. The minimum absolute atomic E-state index is 0.289. The van der Waals surface area contributed by atoms with Crippen molar-refractivity contribution in [2.24, 2.45) is 0 Å². The Morgan fingerprint density at radius 2 is 2.05 bits per heavy atom. The van der Waals surface area contributed by atoms with Crippen LogP contribution in [0.25, 0.3) is 10.2 Å². The summed E-state index contributed by atoms with van der Waals surface area (Å²) >= 11 is 1.75. The van der Waals surface area contributed by atoms with Gasteiger partial charge < -0.3 is 9.80 Å². The number of hydrogen-bond donors (Lipinski definition) is 0. The van der Waals surface area contributed by atoms with Crippen LogP contribution < -0.4 is 4.90 Å². The molecule has 0 spiro atoms. The third-order valence-corrected chi connectivity index (χ3v) is 5.06. The minimum atomic E-state index is 0.289. The van der Waals surface area contributed by atoms with E-state index in [1.165, 1.54) is 10.3 Å². The molecule has 0 N–H and O–H groups in total. The Labute approximate surface area is 129 Å². The van der Waals surface area contributed by atoms with Gasteiger partial charge in [-0.3, -0.25) is 4.79 Å². The molecule has 21 heavy (non-hydrogen) atoms. The van der Waals surface area contributed by atoms with E-state index in [-0.39, 0.29) is 5.91 Å². The number of nitrogens with zero attached hydrogens (tertiary/aromatic N) is 3. The van der Waals surface area contributed by atoms with E-state index in [0.717, 1.165) is 43.2 Å². The zero-order chi connectivity index (χ0) is 14.8. The Hall–Kier alpha value is -1.62. The quantitative estimate of drug-likeness (QED) is 0.874. The molecule has 1 fully saturated rings. The fourth-order valence-electron chi connectivity index (χ4n) is 2.73. The van der Waals surface area contributed by atoms with Gasteiger partial charge in [-0.2, -0.15) is 0 Å². The second-order valence-electron chi connectivity index (χ2n) is 5.54. The number of amides is 1. The van der Waals surface area contributed by atoms with Crippen LogP contribution >= 0.6 is 11.3 Å². The number of carbonyl (C=O) groups excluding carboxylic acids is 1. The molecule has 3 rings (SSSR count). The number of aryl methyl sites for hydroxylation is 1. The van der Waals surface area contributed by atoms with Crippen molar-refractivity contribution in [3.8, 4) is 0 Å². The molecule has 4 nitrogen and oxygen atoms in total. The standard InChI is InChI=1S/C16H21N3OS/c1-3-5-14(20)18-8-10-19(11-9-18)16-17-15-12(2)6-4-7-13(15)21-16/h4,6-7H,3,5,8-11H2,1-2H3. The molecule has 1 aromatic heterocycles. The van der Waals surface area contributed by atoms with Crippen LogP contribution in [0.4, 0.5) is 5.13 Å². The van der Waals surface area contributed by atoms with Crippen molar-refractivity contribution in [2.75, 3.05) is 31.1 Å². The Morgan fingerprint density at radius 3 is 2.71 bits per heavy atom. The molecule has 0 unspecified atom stereocenters. The van der Waals surface area contributed by atoms with E-state index in [0.29, 0.717) is 6.42 Å². The molecule has 2 heterocycles. The lowest BCUT2D eigenvalue weighted by atomic mass is 10.2. The Balaban J connectivity index is 1.71. The number of carbonyl (C=O) groups is 1. The van der Waals surface area contributed by atoms with Crippen molar-refractivity contribution >= 4 is 32.6 Å². The highest BCUT2D eigenvalue weighted by molar-refractivity contribution is 7.22. The molecule has 1 aromatic carbocycles. The van der Waals surface area contributed by atoms with Crippen LogP contribution in [0.3, 0.4) is 0 Å². The summed E-state index contributed by atoms with van der Waals surface area (Å²) in [4.78, 5) is 21.0. The number of aromatic nitrogens is 1. The highest BCUT2D eigenvalue weighted by Gasteiger charge is 2.22. The lowest BCUT2D eigenvalue weighted by molar-refractivity contribution is -0.131. The lowest BCUT2D eigenvalue weighted by Gasteiger charge is -2.34. The summed E-state index contributed by atoms with van der Waals surface area (Å²) < 4.78 is 1.24. The van der Waals surface area contributed by atoms with Gasteiger partial charge in [-0.1, -0.05) is 30.4 Å². The maximum Gasteiger partial charge on any atom is 0.222 e. The summed E-state index contributed by atoms with van der Waals surface area (Å²) in [6, 6.07) is 6.32. The third-order valence-electron chi connectivity index (χ3n) is 3.98. The van der Waals surface area contributed by atoms with Crippen LogP contribution in [0.15, 0.2) is 18.2 Å². The van der Waals surface area contributed by atoms with E-state index < -0.39 is 0 Å². The van der Waals surface area contributed by atoms with Crippen molar-refractivity contribution in [2.45, 2.75) is 26.7 Å². The molecule has 1 aliphatic rings. The van der Waals surface area contributed by atoms with Crippen molar-refractivity contribution in [1.29, 1.82) is 0 Å². The minimum Gasteiger partial charge on any atom is -0.345 e. The number of fused-ring (bicyclic) bond motifs is 1. The van der Waals surface area contributed by atoms with Gasteiger partial charge in [-0.25, -0.2) is 4.98 Å². The first-order valence-electron chi connectivity index (χ1n) is 7.58. The molecule has 0 atom stereocenters. The van der Waals surface area contributed by atoms with Crippen LogP contribution in [0.2, 0.25) is 0 Å². The van der Waals surface area contributed by atoms with Crippen LogP contribution in [0.5, 0.6) is 0 Å². The van der Waals surface area contributed by atoms with E-state index in [2.05, 4.69) is 36.9 Å². The zero-order valence-electron chi connectivity index (χ0n) is 12.6. The predicted octanol–water partition coefficient (Wildman–Crippen LogP) is 3.05. The molecule has 0 bridgehead atoms. The molecule has 0 radical (unpaired) electrons. The van der Waals surface area contributed by atoms with Gasteiger partial charge in [0.2, 0.25) is 5.91 Å². The summed E-state index contributed by atoms with van der Waals surface area (Å²) in [6.45, 7) is 7.55. The highest BCUT2D eigenvalue weighted by atomic mass is 32.1. The van der Waals surface area contributed by atoms with Gasteiger partial charge >= 0.3 is 0 Å². The lowest BCUT2D eigenvalue weighted by Crippen LogP contribution is -2.48. The number of thiazole rings is 1. The summed E-state index contributed by atoms with van der Waals surface area (Å²) in [5, 5.41) is 1.09. The van der Waals surface area contributed by atoms with E-state index >= 15 is 0 Å². The van der Waals surface area contributed by atoms with Gasteiger partial charge in [0.25, 0.3) is 0 Å². The van der Waals surface area contributed by atoms with Crippen molar-refractivity contribution in [3.63, 3.8) is 0 Å². The molecule has 1 amide bonds. The molecule has 2 aromatic rings. The number of anilines is 1. The third kappa shape index (κ3) is 2.88. The van der Waals surface area contributed by atoms with Crippen molar-refractivity contribution in [1.82, 2.24) is 9.88 Å². The van der Waals surface area contributed by atoms with Crippen molar-refractivity contribution in [3.05, 3.63) is 23.8 Å². The van der Waals surface area contributed by atoms with E-state index in [1.54, 1.807) is 11.3 Å². The highest BCUT2D eigenvalue weighted by Crippen LogP contribution is 2.30. The molecule has 112 valence electrons. The SMILES string of the molecule is CCCC(=O)N1CCN(c2nc3c(C)cccc3s2)CC1. The maximum atomic E-state index is 11.9. The largest absolute Gasteiger partial charge is 0.345 e. The fraction of sp³-hybridized carbons (Fsp3) is 0.500. The van der Waals surface area contributed by atoms with Gasteiger partial charge in [0, 0.05) is 32.6 Å². The van der Waals surface area contributed by atoms with Gasteiger partial charge in [0.15, 0.2) is 5.13 Å². The Bertz CT molecular complexity index is 644. The average molecular weight is 303 g/mol. The predicted molar refractivity (Wildman–Crippen MR) is 88.1 cm³/mol. The first-order chi connectivity index (χ1) is 10.2. The van der Waals surface area contributed by atoms with Gasteiger partial charge in [-0.05, 0) is 25.0 Å². The monoisotopic (exact) mass is 303 g/mol. The second kappa shape index (κ2) is 6.02. The first kappa shape index (κ1) is 14.3. The summed E-state index contributed by atoms with van der Waals surface area (Å²) in [5.74, 6) is 0.289. The van der Waals surface area contributed by atoms with Crippen LogP contribution in [0, 0.1) is 6.92 Å². The maximum absolute atomic E-state index is 11.9. The van der Waals surface area contributed by atoms with E-state index in [4.69, 9.17) is 4.98 Å². The fourth-order valence-corrected chi connectivity index (χ4v) is 3.82. The van der Waals surface area contributed by atoms with Crippen molar-refractivity contribution < 1.29 is 4.79 Å². The summed E-state index contributed by atoms with van der Waals surface area (Å²) in [7, 11) is 0. The smallest absolute Gasteiger partial charge is 0.222 e. The summed E-state index contributed by atoms with van der Waals surface area (Å²) in [5.41, 5.74) is 2.34. The Kier molecular flexibility index (Phi) is 4.10. The molecule has 5 heteroatoms. The number of rotatable bonds is 3. The number of piperazine rings is 1. The van der Waals surface area contributed by atoms with Crippen LogP contribution in [-0.2, 0) is 4.79 Å². The molecule has 0 aliphatic carbocycles. The first-order valence-corrected chi connectivity index (χ1v) is 8.39. The van der Waals surface area contributed by atoms with Crippen LogP contribution in [-0.4, -0.2) is 42.0 Å². The number of para-hydroxylation sites is 1. The van der Waals surface area contributed by atoms with Gasteiger partial charge in [0.1, 0.15) is 0 Å². The van der Waals surface area contributed by atoms with E-state index in [9.17, 15) is 4.79 Å². The second-order valence-corrected chi connectivity index (χ2v) is 6.55. The van der Waals surface area contributed by atoms with Crippen LogP contribution in [0.1, 0.15) is 25.3 Å². The normalized spacial score (nSPS) is 15.7. The zero-order valence-corrected chi connectivity index (χ0v) is 13.4. The molecular weight excluding hydrogens is 282 g/mol. The molecule has 0 saturated carbocycles. The molecule has 1 saturated heterocycles. The average Bonchev–Trinajstić information content (AvgIpc) is 2.93. The Morgan fingerprint density at radius 1 is 1.29 bits per heavy atom.